The van der Waals surface area contributed by atoms with E-state index in [1.54, 1.807) is 18.2 Å². The number of methoxy groups -OCH3 is 1. The van der Waals surface area contributed by atoms with Crippen molar-refractivity contribution in [3.63, 3.8) is 0 Å². The number of amides is 1. The van der Waals surface area contributed by atoms with Crippen LogP contribution in [0.4, 0.5) is 4.79 Å². The first-order valence-corrected chi connectivity index (χ1v) is 6.46. The van der Waals surface area contributed by atoms with Gasteiger partial charge in [0, 0.05) is 18.1 Å². The first-order chi connectivity index (χ1) is 9.52. The molecule has 0 aliphatic carbocycles. The lowest BCUT2D eigenvalue weighted by Gasteiger charge is -2.24. The number of rotatable bonds is 2. The Hall–Kier alpha value is -2.01. The minimum atomic E-state index is -0.940. The Labute approximate surface area is 121 Å². The van der Waals surface area contributed by atoms with Crippen molar-refractivity contribution in [3.8, 4) is 0 Å². The van der Waals surface area contributed by atoms with Crippen molar-refractivity contribution in [2.24, 2.45) is 0 Å². The summed E-state index contributed by atoms with van der Waals surface area (Å²) < 4.78 is 4.75. The van der Waals surface area contributed by atoms with E-state index in [1.807, 2.05) is 6.08 Å². The third kappa shape index (κ3) is 2.93. The Bertz CT molecular complexity index is 583. The van der Waals surface area contributed by atoms with E-state index in [9.17, 15) is 9.59 Å². The van der Waals surface area contributed by atoms with E-state index in [0.29, 0.717) is 30.1 Å². The summed E-state index contributed by atoms with van der Waals surface area (Å²) >= 11 is 5.91. The molecule has 1 aliphatic heterocycles. The Morgan fingerprint density at radius 1 is 1.40 bits per heavy atom. The number of esters is 1. The van der Waals surface area contributed by atoms with Gasteiger partial charge in [0.2, 0.25) is 0 Å². The maximum absolute atomic E-state index is 11.8. The van der Waals surface area contributed by atoms with Crippen LogP contribution in [-0.2, 0) is 4.74 Å². The molecule has 1 N–H and O–H groups in total. The van der Waals surface area contributed by atoms with Gasteiger partial charge in [-0.3, -0.25) is 0 Å². The Balaban J connectivity index is 2.34. The summed E-state index contributed by atoms with van der Waals surface area (Å²) in [7, 11) is 1.31. The number of halogens is 1. The van der Waals surface area contributed by atoms with E-state index in [-0.39, 0.29) is 0 Å². The molecular weight excluding hydrogens is 282 g/mol. The Kier molecular flexibility index (Phi) is 4.29. The summed E-state index contributed by atoms with van der Waals surface area (Å²) in [5, 5.41) is 9.37. The lowest BCUT2D eigenvalue weighted by Crippen LogP contribution is -2.33. The molecule has 0 atom stereocenters. The van der Waals surface area contributed by atoms with Crippen LogP contribution in [0.3, 0.4) is 0 Å². The molecule has 0 saturated heterocycles. The molecule has 1 aliphatic rings. The van der Waals surface area contributed by atoms with E-state index >= 15 is 0 Å². The summed E-state index contributed by atoms with van der Waals surface area (Å²) in [5.74, 6) is -0.455. The number of hydrogen-bond donors (Lipinski definition) is 1. The van der Waals surface area contributed by atoms with Crippen LogP contribution in [0.25, 0.3) is 5.57 Å². The van der Waals surface area contributed by atoms with Crippen molar-refractivity contribution in [1.29, 1.82) is 0 Å². The standard InChI is InChI=1S/C14H14ClNO4/c1-20-13(17)12-8-10(15)2-3-11(12)9-4-6-16(7-5-9)14(18)19/h2-4,8H,5-7H2,1H3,(H,18,19). The predicted octanol–water partition coefficient (Wildman–Crippen LogP) is 2.89. The average molecular weight is 296 g/mol. The lowest BCUT2D eigenvalue weighted by atomic mass is 9.95. The largest absolute Gasteiger partial charge is 0.465 e. The summed E-state index contributed by atoms with van der Waals surface area (Å²) in [5.41, 5.74) is 2.07. The summed E-state index contributed by atoms with van der Waals surface area (Å²) in [6.07, 6.45) is 1.43. The second kappa shape index (κ2) is 5.96. The normalized spacial score (nSPS) is 14.7. The molecule has 0 bridgehead atoms. The van der Waals surface area contributed by atoms with Crippen molar-refractivity contribution < 1.29 is 19.4 Å². The zero-order chi connectivity index (χ0) is 14.7. The highest BCUT2D eigenvalue weighted by atomic mass is 35.5. The van der Waals surface area contributed by atoms with Crippen LogP contribution in [-0.4, -0.2) is 42.3 Å². The third-order valence-electron chi connectivity index (χ3n) is 3.21. The van der Waals surface area contributed by atoms with Crippen LogP contribution in [0.2, 0.25) is 5.02 Å². The molecule has 106 valence electrons. The Morgan fingerprint density at radius 2 is 2.15 bits per heavy atom. The smallest absolute Gasteiger partial charge is 0.407 e. The number of carbonyl (C=O) groups excluding carboxylic acids is 1. The van der Waals surface area contributed by atoms with Gasteiger partial charge in [-0.15, -0.1) is 0 Å². The van der Waals surface area contributed by atoms with E-state index in [4.69, 9.17) is 21.4 Å². The molecule has 0 fully saturated rings. The lowest BCUT2D eigenvalue weighted by molar-refractivity contribution is 0.0600. The second-order valence-corrected chi connectivity index (χ2v) is 4.83. The highest BCUT2D eigenvalue weighted by Crippen LogP contribution is 2.28. The summed E-state index contributed by atoms with van der Waals surface area (Å²) in [4.78, 5) is 24.0. The molecule has 20 heavy (non-hydrogen) atoms. The summed E-state index contributed by atoms with van der Waals surface area (Å²) in [6.45, 7) is 0.721. The molecule has 6 heteroatoms. The number of nitrogens with zero attached hydrogens (tertiary/aromatic N) is 1. The maximum atomic E-state index is 11.8. The molecule has 2 rings (SSSR count). The molecule has 1 heterocycles. The highest BCUT2D eigenvalue weighted by Gasteiger charge is 2.20. The van der Waals surface area contributed by atoms with Crippen molar-refractivity contribution in [3.05, 3.63) is 40.4 Å². The fraction of sp³-hybridized carbons (Fsp3) is 0.286. The predicted molar refractivity (Wildman–Crippen MR) is 75.0 cm³/mol. The van der Waals surface area contributed by atoms with E-state index in [0.717, 1.165) is 11.1 Å². The van der Waals surface area contributed by atoms with Crippen LogP contribution in [0.5, 0.6) is 0 Å². The molecule has 1 aromatic rings. The van der Waals surface area contributed by atoms with Crippen LogP contribution < -0.4 is 0 Å². The first-order valence-electron chi connectivity index (χ1n) is 6.08. The van der Waals surface area contributed by atoms with E-state index < -0.39 is 12.1 Å². The zero-order valence-corrected chi connectivity index (χ0v) is 11.7. The van der Waals surface area contributed by atoms with Gasteiger partial charge in [0.15, 0.2) is 0 Å². The van der Waals surface area contributed by atoms with Crippen molar-refractivity contribution in [2.75, 3.05) is 20.2 Å². The van der Waals surface area contributed by atoms with Crippen molar-refractivity contribution in [1.82, 2.24) is 4.90 Å². The molecular formula is C14H14ClNO4. The fourth-order valence-corrected chi connectivity index (χ4v) is 2.33. The molecule has 0 saturated carbocycles. The van der Waals surface area contributed by atoms with E-state index in [1.165, 1.54) is 12.0 Å². The number of carboxylic acid groups (broad SMARTS) is 1. The third-order valence-corrected chi connectivity index (χ3v) is 3.45. The van der Waals surface area contributed by atoms with Gasteiger partial charge in [-0.25, -0.2) is 9.59 Å². The van der Waals surface area contributed by atoms with Crippen molar-refractivity contribution >= 4 is 29.2 Å². The number of carbonyl (C=O) groups is 2. The molecule has 0 spiro atoms. The van der Waals surface area contributed by atoms with E-state index in [2.05, 4.69) is 0 Å². The minimum Gasteiger partial charge on any atom is -0.465 e. The molecule has 5 nitrogen and oxygen atoms in total. The number of benzene rings is 1. The van der Waals surface area contributed by atoms with Crippen LogP contribution in [0.1, 0.15) is 22.3 Å². The maximum Gasteiger partial charge on any atom is 0.407 e. The SMILES string of the molecule is COC(=O)c1cc(Cl)ccc1C1=CCN(C(=O)O)CC1. The van der Waals surface area contributed by atoms with Crippen LogP contribution in [0, 0.1) is 0 Å². The minimum absolute atomic E-state index is 0.313. The second-order valence-electron chi connectivity index (χ2n) is 4.39. The van der Waals surface area contributed by atoms with Crippen LogP contribution >= 0.6 is 11.6 Å². The molecule has 0 unspecified atom stereocenters. The van der Waals surface area contributed by atoms with Gasteiger partial charge in [-0.2, -0.15) is 0 Å². The zero-order valence-electron chi connectivity index (χ0n) is 10.9. The molecule has 0 aromatic heterocycles. The summed E-state index contributed by atoms with van der Waals surface area (Å²) in [6, 6.07) is 5.03. The number of hydrogen-bond acceptors (Lipinski definition) is 3. The van der Waals surface area contributed by atoms with Gasteiger partial charge in [-0.05, 0) is 29.7 Å². The molecule has 0 radical (unpaired) electrons. The van der Waals surface area contributed by atoms with Gasteiger partial charge < -0.3 is 14.7 Å². The topological polar surface area (TPSA) is 66.8 Å². The monoisotopic (exact) mass is 295 g/mol. The van der Waals surface area contributed by atoms with Gasteiger partial charge in [0.1, 0.15) is 0 Å². The van der Waals surface area contributed by atoms with Gasteiger partial charge in [0.25, 0.3) is 0 Å². The van der Waals surface area contributed by atoms with Gasteiger partial charge >= 0.3 is 12.1 Å². The van der Waals surface area contributed by atoms with Crippen LogP contribution in [0.15, 0.2) is 24.3 Å². The first kappa shape index (κ1) is 14.4. The van der Waals surface area contributed by atoms with Gasteiger partial charge in [-0.1, -0.05) is 23.7 Å². The molecule has 1 amide bonds. The average Bonchev–Trinajstić information content (AvgIpc) is 2.46. The highest BCUT2D eigenvalue weighted by molar-refractivity contribution is 6.31. The fourth-order valence-electron chi connectivity index (χ4n) is 2.16. The van der Waals surface area contributed by atoms with Gasteiger partial charge in [0.05, 0.1) is 12.7 Å². The number of ether oxygens (including phenoxy) is 1. The quantitative estimate of drug-likeness (QED) is 0.852. The Morgan fingerprint density at radius 3 is 2.70 bits per heavy atom. The molecule has 1 aromatic carbocycles. The van der Waals surface area contributed by atoms with Crippen molar-refractivity contribution in [2.45, 2.75) is 6.42 Å².